The van der Waals surface area contributed by atoms with Crippen molar-refractivity contribution in [2.45, 2.75) is 11.4 Å². The van der Waals surface area contributed by atoms with Crippen molar-refractivity contribution in [3.8, 4) is 0 Å². The number of nitrogens with one attached hydrogen (secondary N) is 1. The highest BCUT2D eigenvalue weighted by Crippen LogP contribution is 2.32. The first-order valence-electron chi connectivity index (χ1n) is 5.79. The van der Waals surface area contributed by atoms with Crippen LogP contribution in [0, 0.1) is 0 Å². The molecule has 2 aromatic carbocycles. The summed E-state index contributed by atoms with van der Waals surface area (Å²) in [5.74, 6) is 0. The number of hydrogen-bond donors (Lipinski definition) is 2. The molecule has 2 rings (SSSR count). The maximum atomic E-state index is 12.4. The summed E-state index contributed by atoms with van der Waals surface area (Å²) in [6, 6.07) is 10.5. The van der Waals surface area contributed by atoms with Gasteiger partial charge in [-0.1, -0.05) is 34.1 Å². The standard InChI is InChI=1S/C13H11Br3N2O2S/c14-10-4-2-1-3-8(10)7-18-21(19,20)13-11(15)5-9(17)6-12(13)16/h1-6,18H,7,17H2. The van der Waals surface area contributed by atoms with Crippen molar-refractivity contribution in [1.82, 2.24) is 4.72 Å². The quantitative estimate of drug-likeness (QED) is 0.625. The lowest BCUT2D eigenvalue weighted by molar-refractivity contribution is 0.580. The van der Waals surface area contributed by atoms with Crippen LogP contribution >= 0.6 is 47.8 Å². The topological polar surface area (TPSA) is 72.2 Å². The monoisotopic (exact) mass is 496 g/mol. The first kappa shape index (κ1) is 17.0. The van der Waals surface area contributed by atoms with Gasteiger partial charge >= 0.3 is 0 Å². The minimum Gasteiger partial charge on any atom is -0.399 e. The van der Waals surface area contributed by atoms with Crippen molar-refractivity contribution in [3.05, 3.63) is 55.4 Å². The molecule has 0 aliphatic heterocycles. The number of nitrogens with two attached hydrogens (primary N) is 1. The number of rotatable bonds is 4. The Balaban J connectivity index is 2.30. The van der Waals surface area contributed by atoms with Gasteiger partial charge in [0.2, 0.25) is 10.0 Å². The Hall–Kier alpha value is -0.410. The molecule has 8 heteroatoms. The van der Waals surface area contributed by atoms with Gasteiger partial charge in [-0.15, -0.1) is 0 Å². The van der Waals surface area contributed by atoms with Gasteiger partial charge < -0.3 is 5.73 Å². The van der Waals surface area contributed by atoms with Crippen LogP contribution in [0.25, 0.3) is 0 Å². The molecule has 0 atom stereocenters. The molecule has 3 N–H and O–H groups in total. The Morgan fingerprint density at radius 2 is 1.57 bits per heavy atom. The summed E-state index contributed by atoms with van der Waals surface area (Å²) in [7, 11) is -3.67. The zero-order chi connectivity index (χ0) is 15.6. The predicted molar refractivity (Wildman–Crippen MR) is 94.4 cm³/mol. The zero-order valence-electron chi connectivity index (χ0n) is 10.6. The van der Waals surface area contributed by atoms with Crippen molar-refractivity contribution < 1.29 is 8.42 Å². The molecule has 0 spiro atoms. The third kappa shape index (κ3) is 4.07. The van der Waals surface area contributed by atoms with Gasteiger partial charge in [-0.3, -0.25) is 0 Å². The lowest BCUT2D eigenvalue weighted by Crippen LogP contribution is -2.24. The Morgan fingerprint density at radius 3 is 2.14 bits per heavy atom. The molecule has 21 heavy (non-hydrogen) atoms. The largest absolute Gasteiger partial charge is 0.399 e. The number of sulfonamides is 1. The average Bonchev–Trinajstić information content (AvgIpc) is 2.36. The SMILES string of the molecule is Nc1cc(Br)c(S(=O)(=O)NCc2ccccc2Br)c(Br)c1. The van der Waals surface area contributed by atoms with Gasteiger partial charge in [-0.2, -0.15) is 0 Å². The van der Waals surface area contributed by atoms with E-state index in [-0.39, 0.29) is 11.4 Å². The van der Waals surface area contributed by atoms with E-state index < -0.39 is 10.0 Å². The normalized spacial score (nSPS) is 11.6. The van der Waals surface area contributed by atoms with E-state index in [9.17, 15) is 8.42 Å². The molecule has 0 radical (unpaired) electrons. The van der Waals surface area contributed by atoms with Crippen LogP contribution < -0.4 is 10.5 Å². The molecule has 2 aromatic rings. The number of nitrogen functional groups attached to an aromatic ring is 1. The molecule has 0 saturated carbocycles. The van der Waals surface area contributed by atoms with E-state index in [1.807, 2.05) is 24.3 Å². The lowest BCUT2D eigenvalue weighted by atomic mass is 10.2. The van der Waals surface area contributed by atoms with Gasteiger partial charge in [0.1, 0.15) is 4.90 Å². The highest BCUT2D eigenvalue weighted by atomic mass is 79.9. The molecule has 0 unspecified atom stereocenters. The minimum absolute atomic E-state index is 0.128. The summed E-state index contributed by atoms with van der Waals surface area (Å²) >= 11 is 9.86. The summed E-state index contributed by atoms with van der Waals surface area (Å²) in [6.45, 7) is 0.188. The summed E-state index contributed by atoms with van der Waals surface area (Å²) in [5.41, 5.74) is 7.00. The molecular formula is C13H11Br3N2O2S. The Bertz CT molecular complexity index is 756. The lowest BCUT2D eigenvalue weighted by Gasteiger charge is -2.12. The zero-order valence-corrected chi connectivity index (χ0v) is 16.2. The number of benzene rings is 2. The molecule has 0 heterocycles. The summed E-state index contributed by atoms with van der Waals surface area (Å²) in [5, 5.41) is 0. The van der Waals surface area contributed by atoms with Gasteiger partial charge in [-0.25, -0.2) is 13.1 Å². The van der Waals surface area contributed by atoms with Crippen molar-refractivity contribution in [2.75, 3.05) is 5.73 Å². The van der Waals surface area contributed by atoms with E-state index in [2.05, 4.69) is 52.5 Å². The fourth-order valence-electron chi connectivity index (χ4n) is 1.72. The Kier molecular flexibility index (Phi) is 5.48. The Morgan fingerprint density at radius 1 is 1.00 bits per heavy atom. The summed E-state index contributed by atoms with van der Waals surface area (Å²) in [6.07, 6.45) is 0. The Labute approximate surface area is 148 Å². The molecule has 0 bridgehead atoms. The van der Waals surface area contributed by atoms with E-state index in [1.54, 1.807) is 12.1 Å². The van der Waals surface area contributed by atoms with E-state index in [0.29, 0.717) is 14.6 Å². The van der Waals surface area contributed by atoms with E-state index in [4.69, 9.17) is 5.73 Å². The van der Waals surface area contributed by atoms with Crippen LogP contribution in [0.2, 0.25) is 0 Å². The first-order valence-corrected chi connectivity index (χ1v) is 9.65. The van der Waals surface area contributed by atoms with Crippen molar-refractivity contribution >= 4 is 63.5 Å². The van der Waals surface area contributed by atoms with E-state index >= 15 is 0 Å². The van der Waals surface area contributed by atoms with Gasteiger partial charge in [0.05, 0.1) is 0 Å². The number of hydrogen-bond acceptors (Lipinski definition) is 3. The third-order valence-electron chi connectivity index (χ3n) is 2.70. The second kappa shape index (κ2) is 6.78. The van der Waals surface area contributed by atoms with Gasteiger partial charge in [-0.05, 0) is 55.6 Å². The molecule has 4 nitrogen and oxygen atoms in total. The molecule has 0 fully saturated rings. The third-order valence-corrected chi connectivity index (χ3v) is 6.75. The summed E-state index contributed by atoms with van der Waals surface area (Å²) in [4.78, 5) is 0.128. The number of anilines is 1. The van der Waals surface area contributed by atoms with Crippen LogP contribution in [0.5, 0.6) is 0 Å². The maximum absolute atomic E-state index is 12.4. The van der Waals surface area contributed by atoms with Gasteiger partial charge in [0, 0.05) is 25.7 Å². The van der Waals surface area contributed by atoms with Crippen LogP contribution in [0.4, 0.5) is 5.69 Å². The molecule has 0 aliphatic rings. The van der Waals surface area contributed by atoms with Crippen molar-refractivity contribution in [2.24, 2.45) is 0 Å². The fraction of sp³-hybridized carbons (Fsp3) is 0.0769. The van der Waals surface area contributed by atoms with E-state index in [1.165, 1.54) is 0 Å². The highest BCUT2D eigenvalue weighted by molar-refractivity contribution is 9.11. The second-order valence-electron chi connectivity index (χ2n) is 4.23. The van der Waals surface area contributed by atoms with Crippen LogP contribution in [0.1, 0.15) is 5.56 Å². The second-order valence-corrected chi connectivity index (χ2v) is 8.50. The highest BCUT2D eigenvalue weighted by Gasteiger charge is 2.21. The fourth-order valence-corrected chi connectivity index (χ4v) is 5.77. The molecule has 0 aromatic heterocycles. The smallest absolute Gasteiger partial charge is 0.243 e. The molecule has 0 aliphatic carbocycles. The molecular weight excluding hydrogens is 488 g/mol. The average molecular weight is 499 g/mol. The van der Waals surface area contributed by atoms with Crippen molar-refractivity contribution in [3.63, 3.8) is 0 Å². The molecule has 0 saturated heterocycles. The first-order chi connectivity index (χ1) is 9.81. The van der Waals surface area contributed by atoms with Crippen LogP contribution in [-0.4, -0.2) is 8.42 Å². The van der Waals surface area contributed by atoms with Crippen LogP contribution in [0.15, 0.2) is 54.7 Å². The summed E-state index contributed by atoms with van der Waals surface area (Å²) < 4.78 is 29.1. The van der Waals surface area contributed by atoms with E-state index in [0.717, 1.165) is 10.0 Å². The van der Waals surface area contributed by atoms with Crippen molar-refractivity contribution in [1.29, 1.82) is 0 Å². The molecule has 0 amide bonds. The maximum Gasteiger partial charge on any atom is 0.243 e. The molecule has 112 valence electrons. The number of halogens is 3. The van der Waals surface area contributed by atoms with Crippen LogP contribution in [-0.2, 0) is 16.6 Å². The predicted octanol–water partition coefficient (Wildman–Crippen LogP) is 4.03. The van der Waals surface area contributed by atoms with Gasteiger partial charge in [0.25, 0.3) is 0 Å². The minimum atomic E-state index is -3.67. The van der Waals surface area contributed by atoms with Crippen LogP contribution in [0.3, 0.4) is 0 Å². The van der Waals surface area contributed by atoms with Gasteiger partial charge in [0.15, 0.2) is 0 Å².